The van der Waals surface area contributed by atoms with E-state index < -0.39 is 11.7 Å². The van der Waals surface area contributed by atoms with E-state index in [2.05, 4.69) is 0 Å². The second-order valence-corrected chi connectivity index (χ2v) is 4.75. The minimum absolute atomic E-state index is 0.0297. The minimum atomic E-state index is -4.43. The van der Waals surface area contributed by atoms with Crippen LogP contribution >= 0.6 is 0 Å². The van der Waals surface area contributed by atoms with Gasteiger partial charge in [0.05, 0.1) is 5.56 Å². The fourth-order valence-corrected chi connectivity index (χ4v) is 2.00. The molecule has 0 aliphatic carbocycles. The monoisotopic (exact) mass is 295 g/mol. The second-order valence-electron chi connectivity index (χ2n) is 4.75. The molecule has 0 aliphatic heterocycles. The average Bonchev–Trinajstić information content (AvgIpc) is 2.45. The maximum atomic E-state index is 12.8. The largest absolute Gasteiger partial charge is 0.491 e. The molecule has 0 bridgehead atoms. The topological polar surface area (TPSA) is 35.2 Å². The van der Waals surface area contributed by atoms with Crippen LogP contribution in [0, 0.1) is 0 Å². The molecule has 0 aliphatic rings. The Labute approximate surface area is 121 Å². The van der Waals surface area contributed by atoms with E-state index in [0.717, 1.165) is 11.6 Å². The van der Waals surface area contributed by atoms with Crippen molar-refractivity contribution >= 4 is 0 Å². The number of para-hydroxylation sites is 1. The third kappa shape index (κ3) is 4.49. The predicted octanol–water partition coefficient (Wildman–Crippen LogP) is 3.65. The van der Waals surface area contributed by atoms with Gasteiger partial charge in [0.2, 0.25) is 0 Å². The molecule has 1 atom stereocenters. The number of nitrogens with two attached hydrogens (primary N) is 1. The van der Waals surface area contributed by atoms with Crippen molar-refractivity contribution in [2.45, 2.75) is 18.6 Å². The predicted molar refractivity (Wildman–Crippen MR) is 75.1 cm³/mol. The number of benzene rings is 2. The fourth-order valence-electron chi connectivity index (χ4n) is 2.00. The van der Waals surface area contributed by atoms with Crippen LogP contribution in [0.15, 0.2) is 54.6 Å². The molecule has 0 aromatic heterocycles. The van der Waals surface area contributed by atoms with Gasteiger partial charge in [0.1, 0.15) is 12.4 Å². The summed E-state index contributed by atoms with van der Waals surface area (Å²) in [4.78, 5) is 0. The van der Waals surface area contributed by atoms with E-state index in [4.69, 9.17) is 10.5 Å². The molecule has 0 heterocycles. The summed E-state index contributed by atoms with van der Waals surface area (Å²) in [5.41, 5.74) is 6.15. The molecule has 0 radical (unpaired) electrons. The lowest BCUT2D eigenvalue weighted by molar-refractivity contribution is -0.139. The fraction of sp³-hybridized carbons (Fsp3) is 0.250. The Morgan fingerprint density at radius 2 is 1.57 bits per heavy atom. The van der Waals surface area contributed by atoms with E-state index in [1.54, 1.807) is 0 Å². The van der Waals surface area contributed by atoms with Crippen LogP contribution in [0.2, 0.25) is 0 Å². The first-order valence-corrected chi connectivity index (χ1v) is 6.55. The highest BCUT2D eigenvalue weighted by Gasteiger charge is 2.34. The number of hydrogen-bond donors (Lipinski definition) is 1. The molecular formula is C16H16F3NO. The first-order chi connectivity index (χ1) is 9.97. The Morgan fingerprint density at radius 1 is 0.952 bits per heavy atom. The molecule has 2 nitrogen and oxygen atoms in total. The van der Waals surface area contributed by atoms with E-state index in [-0.39, 0.29) is 18.4 Å². The summed E-state index contributed by atoms with van der Waals surface area (Å²) in [5, 5.41) is 0. The third-order valence-corrected chi connectivity index (χ3v) is 2.99. The highest BCUT2D eigenvalue weighted by molar-refractivity contribution is 5.35. The molecule has 2 aromatic carbocycles. The van der Waals surface area contributed by atoms with Crippen molar-refractivity contribution in [3.63, 3.8) is 0 Å². The van der Waals surface area contributed by atoms with Crippen LogP contribution in [-0.2, 0) is 12.6 Å². The van der Waals surface area contributed by atoms with Gasteiger partial charge in [-0.2, -0.15) is 13.2 Å². The number of hydrogen-bond acceptors (Lipinski definition) is 2. The highest BCUT2D eigenvalue weighted by Crippen LogP contribution is 2.35. The molecular weight excluding hydrogens is 279 g/mol. The second kappa shape index (κ2) is 6.63. The Balaban J connectivity index is 1.97. The van der Waals surface area contributed by atoms with Gasteiger partial charge in [-0.05, 0) is 24.1 Å². The zero-order chi connectivity index (χ0) is 15.3. The lowest BCUT2D eigenvalue weighted by Crippen LogP contribution is -2.30. The molecule has 21 heavy (non-hydrogen) atoms. The quantitative estimate of drug-likeness (QED) is 0.913. The number of rotatable bonds is 5. The summed E-state index contributed by atoms with van der Waals surface area (Å²) < 4.78 is 43.7. The van der Waals surface area contributed by atoms with Gasteiger partial charge in [0, 0.05) is 6.04 Å². The zero-order valence-electron chi connectivity index (χ0n) is 11.3. The summed E-state index contributed by atoms with van der Waals surface area (Å²) >= 11 is 0. The molecule has 5 heteroatoms. The molecule has 0 fully saturated rings. The molecule has 0 saturated carbocycles. The summed E-state index contributed by atoms with van der Waals surface area (Å²) in [6, 6.07) is 14.3. The average molecular weight is 295 g/mol. The molecule has 0 spiro atoms. The van der Waals surface area contributed by atoms with E-state index >= 15 is 0 Å². The van der Waals surface area contributed by atoms with E-state index in [1.165, 1.54) is 18.2 Å². The van der Waals surface area contributed by atoms with Crippen molar-refractivity contribution in [1.29, 1.82) is 0 Å². The Bertz CT molecular complexity index is 569. The zero-order valence-corrected chi connectivity index (χ0v) is 11.3. The number of ether oxygens (including phenoxy) is 1. The molecule has 2 rings (SSSR count). The Morgan fingerprint density at radius 3 is 2.24 bits per heavy atom. The number of halogens is 3. The highest BCUT2D eigenvalue weighted by atomic mass is 19.4. The van der Waals surface area contributed by atoms with Gasteiger partial charge in [-0.15, -0.1) is 0 Å². The molecule has 2 N–H and O–H groups in total. The third-order valence-electron chi connectivity index (χ3n) is 2.99. The minimum Gasteiger partial charge on any atom is -0.491 e. The number of alkyl halides is 3. The molecule has 1 unspecified atom stereocenters. The molecule has 0 saturated heterocycles. The lowest BCUT2D eigenvalue weighted by Gasteiger charge is -2.17. The van der Waals surface area contributed by atoms with Crippen molar-refractivity contribution in [2.24, 2.45) is 5.73 Å². The van der Waals surface area contributed by atoms with Crippen LogP contribution < -0.4 is 10.5 Å². The van der Waals surface area contributed by atoms with Gasteiger partial charge < -0.3 is 10.5 Å². The van der Waals surface area contributed by atoms with E-state index in [0.29, 0.717) is 6.42 Å². The van der Waals surface area contributed by atoms with Crippen LogP contribution in [0.25, 0.3) is 0 Å². The lowest BCUT2D eigenvalue weighted by atomic mass is 10.1. The first kappa shape index (κ1) is 15.4. The van der Waals surface area contributed by atoms with Gasteiger partial charge >= 0.3 is 6.18 Å². The first-order valence-electron chi connectivity index (χ1n) is 6.55. The van der Waals surface area contributed by atoms with Crippen LogP contribution in [-0.4, -0.2) is 12.6 Å². The molecule has 2 aromatic rings. The van der Waals surface area contributed by atoms with Gasteiger partial charge in [0.15, 0.2) is 0 Å². The van der Waals surface area contributed by atoms with Gasteiger partial charge in [-0.25, -0.2) is 0 Å². The van der Waals surface area contributed by atoms with E-state index in [1.807, 2.05) is 30.3 Å². The SMILES string of the molecule is NC(COc1ccccc1C(F)(F)F)Cc1ccccc1. The van der Waals surface area contributed by atoms with E-state index in [9.17, 15) is 13.2 Å². The Hall–Kier alpha value is -2.01. The molecule has 112 valence electrons. The van der Waals surface area contributed by atoms with Crippen LogP contribution in [0.1, 0.15) is 11.1 Å². The van der Waals surface area contributed by atoms with Crippen molar-refractivity contribution < 1.29 is 17.9 Å². The van der Waals surface area contributed by atoms with Gasteiger partial charge in [-0.1, -0.05) is 42.5 Å². The normalized spacial score (nSPS) is 13.0. The van der Waals surface area contributed by atoms with Crippen LogP contribution in [0.5, 0.6) is 5.75 Å². The van der Waals surface area contributed by atoms with Crippen LogP contribution in [0.4, 0.5) is 13.2 Å². The standard InChI is InChI=1S/C16H16F3NO/c17-16(18,19)14-8-4-5-9-15(14)21-11-13(20)10-12-6-2-1-3-7-12/h1-9,13H,10-11,20H2. The van der Waals surface area contributed by atoms with Crippen LogP contribution in [0.3, 0.4) is 0 Å². The Kier molecular flexibility index (Phi) is 4.85. The maximum Gasteiger partial charge on any atom is 0.419 e. The maximum absolute atomic E-state index is 12.8. The van der Waals surface area contributed by atoms with Crippen molar-refractivity contribution in [2.75, 3.05) is 6.61 Å². The molecule has 0 amide bonds. The summed E-state index contributed by atoms with van der Waals surface area (Å²) in [6.45, 7) is 0.0297. The summed E-state index contributed by atoms with van der Waals surface area (Å²) in [6.07, 6.45) is -3.88. The summed E-state index contributed by atoms with van der Waals surface area (Å²) in [7, 11) is 0. The van der Waals surface area contributed by atoms with Crippen molar-refractivity contribution in [1.82, 2.24) is 0 Å². The smallest absolute Gasteiger partial charge is 0.419 e. The van der Waals surface area contributed by atoms with Crippen molar-refractivity contribution in [3.05, 3.63) is 65.7 Å². The van der Waals surface area contributed by atoms with Gasteiger partial charge in [0.25, 0.3) is 0 Å². The summed E-state index contributed by atoms with van der Waals surface area (Å²) in [5.74, 6) is -0.187. The van der Waals surface area contributed by atoms with Gasteiger partial charge in [-0.3, -0.25) is 0 Å². The van der Waals surface area contributed by atoms with Crippen molar-refractivity contribution in [3.8, 4) is 5.75 Å².